The zero-order chi connectivity index (χ0) is 14.3. The second kappa shape index (κ2) is 8.56. The summed E-state index contributed by atoms with van der Waals surface area (Å²) in [6.45, 7) is 9.00. The van der Waals surface area contributed by atoms with Crippen molar-refractivity contribution in [3.8, 4) is 11.1 Å². The van der Waals surface area contributed by atoms with E-state index in [4.69, 9.17) is 0 Å². The molecule has 0 N–H and O–H groups in total. The maximum absolute atomic E-state index is 2.33. The molecule has 0 unspecified atom stereocenters. The van der Waals surface area contributed by atoms with Crippen LogP contribution in [0.15, 0.2) is 54.6 Å². The molecule has 0 aliphatic carbocycles. The summed E-state index contributed by atoms with van der Waals surface area (Å²) in [5.41, 5.74) is 5.63. The first-order chi connectivity index (χ1) is 9.45. The summed E-state index contributed by atoms with van der Waals surface area (Å²) < 4.78 is 0. The number of benzene rings is 2. The average molecular weight is 424 g/mol. The molecule has 0 atom stereocenters. The standard InChI is InChI=1S/C20H21.2ClH.Zr/c1-14-11-18(20(2,3)4)9-10-19(14)17-12-15-7-5-6-8-16(15)13-17;;;/h5-13H,1-4H3;2*1H;/q-1;;;+3/p-2. The third kappa shape index (κ3) is 4.75. The van der Waals surface area contributed by atoms with E-state index in [-0.39, 0.29) is 56.4 Å². The van der Waals surface area contributed by atoms with Gasteiger partial charge in [0, 0.05) is 0 Å². The van der Waals surface area contributed by atoms with Crippen LogP contribution in [0, 0.1) is 6.92 Å². The van der Waals surface area contributed by atoms with E-state index in [1.807, 2.05) is 0 Å². The Morgan fingerprint density at radius 1 is 0.870 bits per heavy atom. The third-order valence-corrected chi connectivity index (χ3v) is 4.02. The van der Waals surface area contributed by atoms with E-state index in [0.29, 0.717) is 0 Å². The van der Waals surface area contributed by atoms with Crippen molar-refractivity contribution in [3.63, 3.8) is 0 Å². The van der Waals surface area contributed by atoms with Crippen LogP contribution in [0.25, 0.3) is 21.9 Å². The third-order valence-electron chi connectivity index (χ3n) is 4.02. The van der Waals surface area contributed by atoms with Crippen LogP contribution in [0.2, 0.25) is 0 Å². The minimum atomic E-state index is 0. The van der Waals surface area contributed by atoms with Gasteiger partial charge in [0.15, 0.2) is 0 Å². The molecule has 0 fully saturated rings. The summed E-state index contributed by atoms with van der Waals surface area (Å²) in [6.07, 6.45) is 0. The Morgan fingerprint density at radius 2 is 1.52 bits per heavy atom. The van der Waals surface area contributed by atoms with Crippen molar-refractivity contribution in [2.45, 2.75) is 33.1 Å². The second-order valence-corrected chi connectivity index (χ2v) is 6.65. The van der Waals surface area contributed by atoms with Crippen molar-refractivity contribution in [1.82, 2.24) is 0 Å². The van der Waals surface area contributed by atoms with Crippen molar-refractivity contribution in [2.75, 3.05) is 0 Å². The maximum atomic E-state index is 2.33. The van der Waals surface area contributed by atoms with Crippen molar-refractivity contribution < 1.29 is 51.0 Å². The van der Waals surface area contributed by atoms with Gasteiger partial charge in [0.25, 0.3) is 0 Å². The number of hydrogen-bond acceptors (Lipinski definition) is 0. The van der Waals surface area contributed by atoms with Crippen molar-refractivity contribution >= 4 is 10.8 Å². The second-order valence-electron chi connectivity index (χ2n) is 6.65. The van der Waals surface area contributed by atoms with Crippen LogP contribution in [-0.4, -0.2) is 0 Å². The SMILES string of the molecule is Cc1cc(C(C)(C)C)ccc1-c1cc2ccccc2[cH-]1.[Cl-].[Cl-].[Zr+3]. The maximum Gasteiger partial charge on any atom is 3.00 e. The van der Waals surface area contributed by atoms with E-state index < -0.39 is 0 Å². The molecular weight excluding hydrogens is 402 g/mol. The van der Waals surface area contributed by atoms with Gasteiger partial charge in [-0.25, -0.2) is 0 Å². The summed E-state index contributed by atoms with van der Waals surface area (Å²) >= 11 is 0. The molecule has 0 saturated heterocycles. The van der Waals surface area contributed by atoms with Crippen LogP contribution < -0.4 is 24.8 Å². The van der Waals surface area contributed by atoms with E-state index in [0.717, 1.165) is 0 Å². The fourth-order valence-corrected chi connectivity index (χ4v) is 2.76. The molecule has 0 aromatic heterocycles. The summed E-state index contributed by atoms with van der Waals surface area (Å²) in [5.74, 6) is 0. The van der Waals surface area contributed by atoms with Gasteiger partial charge < -0.3 is 24.8 Å². The van der Waals surface area contributed by atoms with Crippen LogP contribution in [0.4, 0.5) is 0 Å². The number of fused-ring (bicyclic) bond motifs is 1. The molecule has 0 saturated carbocycles. The summed E-state index contributed by atoms with van der Waals surface area (Å²) in [6, 6.07) is 20.0. The smallest absolute Gasteiger partial charge is 1.00 e. The van der Waals surface area contributed by atoms with Gasteiger partial charge in [-0.2, -0.15) is 0 Å². The Labute approximate surface area is 171 Å². The normalized spacial score (nSPS) is 10.4. The molecule has 0 heterocycles. The minimum absolute atomic E-state index is 0. The molecule has 23 heavy (non-hydrogen) atoms. The van der Waals surface area contributed by atoms with E-state index in [1.165, 1.54) is 33.0 Å². The number of aryl methyl sites for hydroxylation is 1. The molecule has 0 bridgehead atoms. The molecular formula is C20H21Cl2Zr. The van der Waals surface area contributed by atoms with E-state index in [2.05, 4.69) is 82.3 Å². The molecule has 3 aromatic carbocycles. The molecule has 119 valence electrons. The van der Waals surface area contributed by atoms with Crippen molar-refractivity contribution in [1.29, 1.82) is 0 Å². The fraction of sp³-hybridized carbons (Fsp3) is 0.250. The van der Waals surface area contributed by atoms with Gasteiger partial charge >= 0.3 is 26.2 Å². The van der Waals surface area contributed by atoms with Gasteiger partial charge in [-0.1, -0.05) is 68.3 Å². The fourth-order valence-electron chi connectivity index (χ4n) is 2.76. The Morgan fingerprint density at radius 3 is 2.09 bits per heavy atom. The van der Waals surface area contributed by atoms with E-state index in [1.54, 1.807) is 0 Å². The number of rotatable bonds is 1. The molecule has 0 amide bonds. The van der Waals surface area contributed by atoms with Crippen LogP contribution >= 0.6 is 0 Å². The predicted molar refractivity (Wildman–Crippen MR) is 88.4 cm³/mol. The van der Waals surface area contributed by atoms with Crippen molar-refractivity contribution in [3.05, 3.63) is 65.7 Å². The quantitative estimate of drug-likeness (QED) is 0.477. The van der Waals surface area contributed by atoms with Crippen molar-refractivity contribution in [2.24, 2.45) is 0 Å². The van der Waals surface area contributed by atoms with Gasteiger partial charge in [0.05, 0.1) is 0 Å². The molecule has 0 aliphatic heterocycles. The Hall–Kier alpha value is -0.487. The monoisotopic (exact) mass is 421 g/mol. The Bertz CT molecular complexity index is 734. The first-order valence-corrected chi connectivity index (χ1v) is 7.22. The van der Waals surface area contributed by atoms with Crippen LogP contribution in [0.1, 0.15) is 31.9 Å². The van der Waals surface area contributed by atoms with Crippen LogP contribution in [0.3, 0.4) is 0 Å². The summed E-state index contributed by atoms with van der Waals surface area (Å²) in [4.78, 5) is 0. The largest absolute Gasteiger partial charge is 3.00 e. The van der Waals surface area contributed by atoms with Crippen LogP contribution in [0.5, 0.6) is 0 Å². The molecule has 1 radical (unpaired) electrons. The molecule has 3 aromatic rings. The summed E-state index contributed by atoms with van der Waals surface area (Å²) in [7, 11) is 0. The Kier molecular flexibility index (Phi) is 8.38. The molecule has 3 rings (SSSR count). The molecule has 0 spiro atoms. The van der Waals surface area contributed by atoms with Gasteiger partial charge in [-0.05, 0) is 17.9 Å². The first kappa shape index (κ1) is 22.5. The minimum Gasteiger partial charge on any atom is -1.00 e. The molecule has 3 heteroatoms. The van der Waals surface area contributed by atoms with Gasteiger partial charge in [-0.3, -0.25) is 0 Å². The average Bonchev–Trinajstić information content (AvgIpc) is 2.80. The Balaban J connectivity index is 0.00000161. The van der Waals surface area contributed by atoms with Gasteiger partial charge in [0.1, 0.15) is 0 Å². The van der Waals surface area contributed by atoms with Crippen LogP contribution in [-0.2, 0) is 31.6 Å². The van der Waals surface area contributed by atoms with Gasteiger partial charge in [0.2, 0.25) is 0 Å². The molecule has 0 aliphatic rings. The summed E-state index contributed by atoms with van der Waals surface area (Å²) in [5, 5.41) is 2.64. The predicted octanol–water partition coefficient (Wildman–Crippen LogP) is -0.163. The van der Waals surface area contributed by atoms with Gasteiger partial charge in [-0.15, -0.1) is 34.5 Å². The van der Waals surface area contributed by atoms with E-state index in [9.17, 15) is 0 Å². The number of hydrogen-bond donors (Lipinski definition) is 0. The topological polar surface area (TPSA) is 0 Å². The van der Waals surface area contributed by atoms with E-state index >= 15 is 0 Å². The zero-order valence-electron chi connectivity index (χ0n) is 14.0. The number of halogens is 2. The zero-order valence-corrected chi connectivity index (χ0v) is 17.9. The first-order valence-electron chi connectivity index (χ1n) is 7.22. The molecule has 0 nitrogen and oxygen atoms in total.